The fourth-order valence-electron chi connectivity index (χ4n) is 2.77. The van der Waals surface area contributed by atoms with E-state index in [4.69, 9.17) is 9.94 Å². The molecule has 3 rings (SSSR count). The fraction of sp³-hybridized carbons (Fsp3) is 0.533. The van der Waals surface area contributed by atoms with Crippen LogP contribution in [-0.4, -0.2) is 34.5 Å². The van der Waals surface area contributed by atoms with Gasteiger partial charge in [-0.05, 0) is 49.8 Å². The normalized spacial score (nSPS) is 21.2. The number of hydrogen-bond acceptors (Lipinski definition) is 4. The minimum atomic E-state index is -0.354. The van der Waals surface area contributed by atoms with Crippen molar-refractivity contribution in [1.82, 2.24) is 5.06 Å². The summed E-state index contributed by atoms with van der Waals surface area (Å²) >= 11 is 0. The molecule has 2 saturated carbocycles. The second kappa shape index (κ2) is 4.98. The van der Waals surface area contributed by atoms with Gasteiger partial charge in [0.25, 0.3) is 0 Å². The Morgan fingerprint density at radius 1 is 1.30 bits per heavy atom. The molecule has 2 aliphatic rings. The number of hydroxylamine groups is 2. The van der Waals surface area contributed by atoms with E-state index in [1.54, 1.807) is 0 Å². The van der Waals surface area contributed by atoms with Crippen molar-refractivity contribution >= 4 is 5.84 Å². The Kier molecular flexibility index (Phi) is 3.30. The summed E-state index contributed by atoms with van der Waals surface area (Å²) in [5.41, 5.74) is 0.694. The smallest absolute Gasteiger partial charge is 0.178 e. The lowest BCUT2D eigenvalue weighted by molar-refractivity contribution is 0.00497. The topological polar surface area (TPSA) is 65.3 Å². The van der Waals surface area contributed by atoms with E-state index in [1.807, 2.05) is 24.3 Å². The number of oxime groups is 1. The Balaban J connectivity index is 1.77. The molecule has 0 aliphatic heterocycles. The maximum Gasteiger partial charge on any atom is 0.178 e. The minimum Gasteiger partial charge on any atom is -0.490 e. The van der Waals surface area contributed by atoms with Gasteiger partial charge >= 0.3 is 0 Å². The highest BCUT2D eigenvalue weighted by atomic mass is 16.5. The van der Waals surface area contributed by atoms with Crippen LogP contribution in [0.3, 0.4) is 0 Å². The highest BCUT2D eigenvalue weighted by Crippen LogP contribution is 2.50. The molecule has 5 nitrogen and oxygen atoms in total. The lowest BCUT2D eigenvalue weighted by Gasteiger charge is -2.27. The number of rotatable bonds is 4. The molecule has 0 atom stereocenters. The first-order valence-electron chi connectivity index (χ1n) is 7.08. The van der Waals surface area contributed by atoms with Crippen LogP contribution in [0.4, 0.5) is 0 Å². The highest BCUT2D eigenvalue weighted by molar-refractivity contribution is 5.94. The molecule has 2 N–H and O–H groups in total. The molecular weight excluding hydrogens is 256 g/mol. The van der Waals surface area contributed by atoms with Crippen LogP contribution in [0.25, 0.3) is 0 Å². The highest BCUT2D eigenvalue weighted by Gasteiger charge is 2.51. The van der Waals surface area contributed by atoms with Gasteiger partial charge in [-0.2, -0.15) is 0 Å². The molecule has 0 radical (unpaired) electrons. The Morgan fingerprint density at radius 3 is 2.35 bits per heavy atom. The molecule has 0 unspecified atom stereocenters. The number of ether oxygens (including phenoxy) is 1. The van der Waals surface area contributed by atoms with Gasteiger partial charge in [-0.1, -0.05) is 17.3 Å². The molecule has 0 aromatic heterocycles. The van der Waals surface area contributed by atoms with Gasteiger partial charge in [0.05, 0.1) is 11.5 Å². The summed E-state index contributed by atoms with van der Waals surface area (Å²) in [6.45, 7) is 0. The summed E-state index contributed by atoms with van der Waals surface area (Å²) in [7, 11) is 1.48. The van der Waals surface area contributed by atoms with Crippen LogP contribution in [-0.2, 0) is 5.41 Å². The van der Waals surface area contributed by atoms with Crippen molar-refractivity contribution in [1.29, 1.82) is 0 Å². The Hall–Kier alpha value is -1.75. The Labute approximate surface area is 118 Å². The molecule has 0 heterocycles. The summed E-state index contributed by atoms with van der Waals surface area (Å²) in [6, 6.07) is 7.91. The van der Waals surface area contributed by atoms with E-state index in [2.05, 4.69) is 5.16 Å². The Bertz CT molecular complexity index is 502. The van der Waals surface area contributed by atoms with Gasteiger partial charge in [0, 0.05) is 7.05 Å². The van der Waals surface area contributed by atoms with Crippen molar-refractivity contribution in [3.63, 3.8) is 0 Å². The molecular formula is C15H20N2O3. The lowest BCUT2D eigenvalue weighted by Crippen LogP contribution is -2.34. The average Bonchev–Trinajstić information content (AvgIpc) is 3.16. The fourth-order valence-corrected chi connectivity index (χ4v) is 2.77. The number of amidine groups is 1. The molecule has 108 valence electrons. The molecule has 5 heteroatoms. The van der Waals surface area contributed by atoms with Crippen molar-refractivity contribution in [2.45, 2.75) is 43.6 Å². The predicted octanol–water partition coefficient (Wildman–Crippen LogP) is 2.76. The van der Waals surface area contributed by atoms with Gasteiger partial charge in [-0.25, -0.2) is 5.06 Å². The molecule has 20 heavy (non-hydrogen) atoms. The lowest BCUT2D eigenvalue weighted by atomic mass is 9.94. The molecule has 0 spiro atoms. The largest absolute Gasteiger partial charge is 0.490 e. The maximum atomic E-state index is 9.58. The third kappa shape index (κ3) is 2.22. The molecule has 1 aromatic rings. The zero-order valence-corrected chi connectivity index (χ0v) is 11.6. The van der Waals surface area contributed by atoms with E-state index in [-0.39, 0.29) is 5.41 Å². The first kappa shape index (κ1) is 13.2. The van der Waals surface area contributed by atoms with Crippen molar-refractivity contribution in [2.75, 3.05) is 7.05 Å². The van der Waals surface area contributed by atoms with Gasteiger partial charge in [0.15, 0.2) is 5.84 Å². The second-order valence-corrected chi connectivity index (χ2v) is 5.72. The molecule has 0 amide bonds. The molecule has 2 aliphatic carbocycles. The molecule has 0 bridgehead atoms. The summed E-state index contributed by atoms with van der Waals surface area (Å²) < 4.78 is 5.83. The zero-order valence-electron chi connectivity index (χ0n) is 11.6. The van der Waals surface area contributed by atoms with Gasteiger partial charge in [0.2, 0.25) is 0 Å². The number of nitrogens with zero attached hydrogens (tertiary/aromatic N) is 2. The van der Waals surface area contributed by atoms with E-state index in [1.165, 1.54) is 13.5 Å². The van der Waals surface area contributed by atoms with E-state index in [0.717, 1.165) is 42.1 Å². The van der Waals surface area contributed by atoms with E-state index < -0.39 is 0 Å². The molecule has 0 saturated heterocycles. The monoisotopic (exact) mass is 276 g/mol. The summed E-state index contributed by atoms with van der Waals surface area (Å²) in [5.74, 6) is 1.18. The van der Waals surface area contributed by atoms with Crippen LogP contribution < -0.4 is 4.74 Å². The number of likely N-dealkylation sites (N-methyl/N-ethyl adjacent to an activating group) is 1. The Morgan fingerprint density at radius 2 is 1.95 bits per heavy atom. The van der Waals surface area contributed by atoms with E-state index >= 15 is 0 Å². The van der Waals surface area contributed by atoms with Gasteiger partial charge in [-0.3, -0.25) is 5.21 Å². The van der Waals surface area contributed by atoms with Crippen molar-refractivity contribution in [3.8, 4) is 5.75 Å². The standard InChI is InChI=1S/C15H20N2O3/c1-17(19)14(16-18)15(9-10-15)11-5-7-13(8-6-11)20-12-3-2-4-12/h5-8,12,18-19H,2-4,9-10H2,1H3/b16-14-. The van der Waals surface area contributed by atoms with Gasteiger partial charge < -0.3 is 9.94 Å². The maximum absolute atomic E-state index is 9.58. The van der Waals surface area contributed by atoms with Crippen LogP contribution in [0.2, 0.25) is 0 Å². The SMILES string of the molecule is CN(O)/C(=N\O)C1(c2ccc(OC3CCC3)cc2)CC1. The average molecular weight is 276 g/mol. The molecule has 1 aromatic carbocycles. The van der Waals surface area contributed by atoms with Gasteiger partial charge in [0.1, 0.15) is 5.75 Å². The summed E-state index contributed by atoms with van der Waals surface area (Å²) in [5, 5.41) is 22.8. The first-order chi connectivity index (χ1) is 9.65. The van der Waals surface area contributed by atoms with Crippen LogP contribution in [0.15, 0.2) is 29.4 Å². The first-order valence-corrected chi connectivity index (χ1v) is 7.08. The summed E-state index contributed by atoms with van der Waals surface area (Å²) in [4.78, 5) is 0. The van der Waals surface area contributed by atoms with E-state index in [0.29, 0.717) is 11.9 Å². The van der Waals surface area contributed by atoms with Crippen molar-refractivity contribution in [3.05, 3.63) is 29.8 Å². The van der Waals surface area contributed by atoms with Crippen LogP contribution >= 0.6 is 0 Å². The van der Waals surface area contributed by atoms with Crippen molar-refractivity contribution in [2.24, 2.45) is 5.16 Å². The third-order valence-corrected chi connectivity index (χ3v) is 4.34. The van der Waals surface area contributed by atoms with Crippen molar-refractivity contribution < 1.29 is 15.2 Å². The third-order valence-electron chi connectivity index (χ3n) is 4.34. The predicted molar refractivity (Wildman–Crippen MR) is 74.4 cm³/mol. The van der Waals surface area contributed by atoms with Crippen LogP contribution in [0.5, 0.6) is 5.75 Å². The quantitative estimate of drug-likeness (QED) is 0.384. The second-order valence-electron chi connectivity index (χ2n) is 5.72. The summed E-state index contributed by atoms with van der Waals surface area (Å²) in [6.07, 6.45) is 5.66. The minimum absolute atomic E-state index is 0.296. The van der Waals surface area contributed by atoms with Gasteiger partial charge in [-0.15, -0.1) is 0 Å². The van der Waals surface area contributed by atoms with E-state index in [9.17, 15) is 5.21 Å². The van der Waals surface area contributed by atoms with Crippen LogP contribution in [0, 0.1) is 0 Å². The van der Waals surface area contributed by atoms with Crippen LogP contribution in [0.1, 0.15) is 37.7 Å². The zero-order chi connectivity index (χ0) is 14.2. The number of benzene rings is 1. The molecule has 2 fully saturated rings. The number of hydrogen-bond donors (Lipinski definition) is 2.